The Morgan fingerprint density at radius 2 is 1.76 bits per heavy atom. The fourth-order valence-corrected chi connectivity index (χ4v) is 2.62. The summed E-state index contributed by atoms with van der Waals surface area (Å²) >= 11 is 0. The molecule has 1 atom stereocenters. The van der Waals surface area contributed by atoms with E-state index in [0.29, 0.717) is 11.1 Å². The van der Waals surface area contributed by atoms with E-state index in [1.165, 1.54) is 0 Å². The van der Waals surface area contributed by atoms with Crippen LogP contribution in [-0.2, 0) is 0 Å². The fraction of sp³-hybridized carbons (Fsp3) is 0.500. The highest BCUT2D eigenvalue weighted by atomic mass is 14.5. The lowest BCUT2D eigenvalue weighted by molar-refractivity contribution is 0.320. The van der Waals surface area contributed by atoms with Gasteiger partial charge in [-0.05, 0) is 30.3 Å². The van der Waals surface area contributed by atoms with E-state index in [9.17, 15) is 5.26 Å². The van der Waals surface area contributed by atoms with Gasteiger partial charge < -0.3 is 0 Å². The van der Waals surface area contributed by atoms with Gasteiger partial charge in [0.1, 0.15) is 17.7 Å². The second kappa shape index (κ2) is 4.44. The number of nitrogens with zero attached hydrogens (tertiary/aromatic N) is 3. The molecular weight excluding hydrogens is 210 g/mol. The molecule has 0 amide bonds. The minimum atomic E-state index is -0.159. The number of nitriles is 3. The highest BCUT2D eigenvalue weighted by molar-refractivity contribution is 5.61. The molecule has 0 bridgehead atoms. The van der Waals surface area contributed by atoms with Crippen LogP contribution in [0.3, 0.4) is 0 Å². The van der Waals surface area contributed by atoms with Crippen LogP contribution in [0.25, 0.3) is 0 Å². The van der Waals surface area contributed by atoms with Crippen molar-refractivity contribution in [3.63, 3.8) is 0 Å². The van der Waals surface area contributed by atoms with Crippen molar-refractivity contribution < 1.29 is 0 Å². The third-order valence-electron chi connectivity index (χ3n) is 3.84. The van der Waals surface area contributed by atoms with E-state index in [2.05, 4.69) is 19.9 Å². The molecule has 0 N–H and O–H groups in total. The molecular formula is C14H15N3. The molecule has 3 nitrogen and oxygen atoms in total. The first-order valence-electron chi connectivity index (χ1n) is 5.61. The molecule has 0 aromatic rings. The van der Waals surface area contributed by atoms with Crippen molar-refractivity contribution in [1.82, 2.24) is 0 Å². The van der Waals surface area contributed by atoms with Crippen molar-refractivity contribution in [2.24, 2.45) is 11.3 Å². The summed E-state index contributed by atoms with van der Waals surface area (Å²) < 4.78 is 0. The first kappa shape index (κ1) is 13.0. The Kier molecular flexibility index (Phi) is 3.40. The molecule has 1 unspecified atom stereocenters. The Morgan fingerprint density at radius 1 is 1.24 bits per heavy atom. The zero-order chi connectivity index (χ0) is 13.2. The van der Waals surface area contributed by atoms with Crippen LogP contribution < -0.4 is 0 Å². The maximum absolute atomic E-state index is 9.23. The summed E-state index contributed by atoms with van der Waals surface area (Å²) in [7, 11) is 0. The molecule has 1 aliphatic carbocycles. The van der Waals surface area contributed by atoms with Crippen LogP contribution in [0.4, 0.5) is 0 Å². The minimum Gasteiger partial charge on any atom is -0.192 e. The lowest BCUT2D eigenvalue weighted by Crippen LogP contribution is -2.21. The van der Waals surface area contributed by atoms with E-state index in [0.717, 1.165) is 12.0 Å². The number of hydrogen-bond acceptors (Lipinski definition) is 3. The van der Waals surface area contributed by atoms with Crippen molar-refractivity contribution in [1.29, 1.82) is 15.8 Å². The van der Waals surface area contributed by atoms with Gasteiger partial charge in [0.2, 0.25) is 0 Å². The van der Waals surface area contributed by atoms with Crippen molar-refractivity contribution in [3.8, 4) is 18.2 Å². The molecule has 86 valence electrons. The molecule has 0 spiro atoms. The zero-order valence-electron chi connectivity index (χ0n) is 10.6. The van der Waals surface area contributed by atoms with E-state index in [1.54, 1.807) is 0 Å². The van der Waals surface area contributed by atoms with Gasteiger partial charge in [0.15, 0.2) is 0 Å². The Labute approximate surface area is 102 Å². The highest BCUT2D eigenvalue weighted by Gasteiger charge is 2.43. The van der Waals surface area contributed by atoms with Gasteiger partial charge in [-0.2, -0.15) is 15.8 Å². The van der Waals surface area contributed by atoms with Crippen molar-refractivity contribution in [2.75, 3.05) is 0 Å². The van der Waals surface area contributed by atoms with Gasteiger partial charge in [-0.3, -0.25) is 0 Å². The van der Waals surface area contributed by atoms with E-state index in [-0.39, 0.29) is 16.9 Å². The molecule has 0 aromatic heterocycles. The lowest BCUT2D eigenvalue weighted by atomic mass is 9.74. The van der Waals surface area contributed by atoms with Gasteiger partial charge in [-0.1, -0.05) is 20.8 Å². The molecule has 0 fully saturated rings. The van der Waals surface area contributed by atoms with E-state index in [4.69, 9.17) is 10.5 Å². The Bertz CT molecular complexity index is 511. The van der Waals surface area contributed by atoms with Crippen LogP contribution in [0.1, 0.15) is 34.1 Å². The second-order valence-electron chi connectivity index (χ2n) is 4.81. The predicted octanol–water partition coefficient (Wildman–Crippen LogP) is 3.24. The third kappa shape index (κ3) is 1.73. The molecule has 0 radical (unpaired) electrons. The Balaban J connectivity index is 3.64. The van der Waals surface area contributed by atoms with Crippen molar-refractivity contribution in [2.45, 2.75) is 34.1 Å². The highest BCUT2D eigenvalue weighted by Crippen LogP contribution is 2.52. The first-order valence-corrected chi connectivity index (χ1v) is 5.61. The van der Waals surface area contributed by atoms with Crippen LogP contribution >= 0.6 is 0 Å². The first-order chi connectivity index (χ1) is 7.95. The van der Waals surface area contributed by atoms with Gasteiger partial charge in [0.05, 0.1) is 11.6 Å². The number of hydrogen-bond donors (Lipinski definition) is 0. The molecule has 3 heteroatoms. The Hall–Kier alpha value is -2.05. The van der Waals surface area contributed by atoms with Crippen LogP contribution in [0.2, 0.25) is 0 Å². The standard InChI is InChI=1S/C14H15N3/c1-5-12-13(10(6-15)7-16)11(8-17)9(2)14(12,3)4/h12H,5H2,1-4H3. The molecule has 17 heavy (non-hydrogen) atoms. The summed E-state index contributed by atoms with van der Waals surface area (Å²) in [6.45, 7) is 8.06. The molecule has 0 aromatic carbocycles. The molecule has 0 heterocycles. The van der Waals surface area contributed by atoms with Crippen molar-refractivity contribution >= 4 is 0 Å². The maximum atomic E-state index is 9.23. The van der Waals surface area contributed by atoms with Gasteiger partial charge in [-0.25, -0.2) is 0 Å². The van der Waals surface area contributed by atoms with Crippen LogP contribution in [0.15, 0.2) is 22.3 Å². The largest absolute Gasteiger partial charge is 0.192 e. The number of allylic oxidation sites excluding steroid dienone is 4. The van der Waals surface area contributed by atoms with Crippen LogP contribution in [0.5, 0.6) is 0 Å². The van der Waals surface area contributed by atoms with E-state index < -0.39 is 0 Å². The third-order valence-corrected chi connectivity index (χ3v) is 3.84. The Morgan fingerprint density at radius 3 is 2.12 bits per heavy atom. The summed E-state index contributed by atoms with van der Waals surface area (Å²) in [6, 6.07) is 5.98. The average molecular weight is 225 g/mol. The normalized spacial score (nSPS) is 21.7. The van der Waals surface area contributed by atoms with Gasteiger partial charge in [0, 0.05) is 5.57 Å². The predicted molar refractivity (Wildman–Crippen MR) is 64.1 cm³/mol. The fourth-order valence-electron chi connectivity index (χ4n) is 2.62. The average Bonchev–Trinajstić information content (AvgIpc) is 2.49. The van der Waals surface area contributed by atoms with Gasteiger partial charge >= 0.3 is 0 Å². The van der Waals surface area contributed by atoms with E-state index >= 15 is 0 Å². The molecule has 0 aliphatic heterocycles. The van der Waals surface area contributed by atoms with Crippen molar-refractivity contribution in [3.05, 3.63) is 22.3 Å². The maximum Gasteiger partial charge on any atom is 0.134 e. The zero-order valence-corrected chi connectivity index (χ0v) is 10.6. The smallest absolute Gasteiger partial charge is 0.134 e. The topological polar surface area (TPSA) is 71.4 Å². The second-order valence-corrected chi connectivity index (χ2v) is 4.81. The number of rotatable bonds is 1. The van der Waals surface area contributed by atoms with E-state index in [1.807, 2.05) is 26.0 Å². The summed E-state index contributed by atoms with van der Waals surface area (Å²) in [5.41, 5.74) is 2.07. The van der Waals surface area contributed by atoms with Gasteiger partial charge in [-0.15, -0.1) is 0 Å². The molecule has 0 saturated carbocycles. The van der Waals surface area contributed by atoms with Gasteiger partial charge in [0.25, 0.3) is 0 Å². The lowest BCUT2D eigenvalue weighted by Gasteiger charge is -2.28. The quantitative estimate of drug-likeness (QED) is 0.643. The van der Waals surface area contributed by atoms with Crippen LogP contribution in [-0.4, -0.2) is 0 Å². The molecule has 1 aliphatic rings. The summed E-state index contributed by atoms with van der Waals surface area (Å²) in [5.74, 6) is 0.0754. The monoisotopic (exact) mass is 225 g/mol. The summed E-state index contributed by atoms with van der Waals surface area (Å²) in [4.78, 5) is 0. The molecule has 1 rings (SSSR count). The summed E-state index contributed by atoms with van der Waals surface area (Å²) in [5, 5.41) is 27.2. The minimum absolute atomic E-state index is 0.0754. The molecule has 0 saturated heterocycles. The summed E-state index contributed by atoms with van der Waals surface area (Å²) in [6.07, 6.45) is 0.817. The SMILES string of the molecule is CCC1C(=C(C#N)C#N)C(C#N)=C(C)C1(C)C. The van der Waals surface area contributed by atoms with Crippen LogP contribution in [0, 0.1) is 45.3 Å².